The van der Waals surface area contributed by atoms with Gasteiger partial charge < -0.3 is 14.6 Å². The zero-order valence-corrected chi connectivity index (χ0v) is 16.7. The van der Waals surface area contributed by atoms with E-state index < -0.39 is 0 Å². The molecule has 0 aliphatic rings. The van der Waals surface area contributed by atoms with Crippen LogP contribution >= 0.6 is 0 Å². The van der Waals surface area contributed by atoms with Gasteiger partial charge in [0.1, 0.15) is 18.1 Å². The van der Waals surface area contributed by atoms with Crippen molar-refractivity contribution in [1.82, 2.24) is 9.97 Å². The molecule has 1 atom stereocenters. The van der Waals surface area contributed by atoms with Crippen molar-refractivity contribution in [2.45, 2.75) is 46.6 Å². The average Bonchev–Trinajstić information content (AvgIpc) is 3.11. The zero-order valence-electron chi connectivity index (χ0n) is 16.7. The van der Waals surface area contributed by atoms with Crippen LogP contribution in [0.5, 0.6) is 5.75 Å². The van der Waals surface area contributed by atoms with Crippen LogP contribution in [-0.2, 0) is 13.0 Å². The minimum Gasteiger partial charge on any atom is -0.489 e. The van der Waals surface area contributed by atoms with Crippen LogP contribution in [0.4, 0.5) is 0 Å². The van der Waals surface area contributed by atoms with Crippen molar-refractivity contribution < 1.29 is 9.15 Å². The number of hydrogen-bond acceptors (Lipinski definition) is 5. The van der Waals surface area contributed by atoms with Crippen LogP contribution in [0.25, 0.3) is 11.5 Å². The quantitative estimate of drug-likeness (QED) is 0.491. The number of oxazole rings is 1. The van der Waals surface area contributed by atoms with E-state index in [2.05, 4.69) is 23.8 Å². The first kappa shape index (κ1) is 19.8. The van der Waals surface area contributed by atoms with E-state index >= 15 is 0 Å². The second-order valence-corrected chi connectivity index (χ2v) is 7.02. The standard InChI is InChI=1S/C23H27N3O2/c1-4-16(2)21(24)9-10-22-17(3)28-23(26-22)19-5-7-20(8-6-19)27-15-18-11-13-25-14-12-18/h5-8,11-14,16,24H,4,9-10,15H2,1-3H3. The number of aryl methyl sites for hydroxylation is 2. The highest BCUT2D eigenvalue weighted by atomic mass is 16.5. The summed E-state index contributed by atoms with van der Waals surface area (Å²) >= 11 is 0. The summed E-state index contributed by atoms with van der Waals surface area (Å²) in [6, 6.07) is 11.6. The third kappa shape index (κ3) is 5.06. The second-order valence-electron chi connectivity index (χ2n) is 7.02. The smallest absolute Gasteiger partial charge is 0.226 e. The summed E-state index contributed by atoms with van der Waals surface area (Å²) in [5.41, 5.74) is 3.71. The fraction of sp³-hybridized carbons (Fsp3) is 0.348. The van der Waals surface area contributed by atoms with Gasteiger partial charge in [0.2, 0.25) is 5.89 Å². The predicted octanol–water partition coefficient (Wildman–Crippen LogP) is 5.62. The molecule has 0 spiro atoms. The summed E-state index contributed by atoms with van der Waals surface area (Å²) in [6.07, 6.45) is 5.98. The first-order chi connectivity index (χ1) is 13.6. The van der Waals surface area contributed by atoms with Crippen LogP contribution in [0.1, 0.15) is 43.7 Å². The van der Waals surface area contributed by atoms with Gasteiger partial charge in [-0.2, -0.15) is 0 Å². The third-order valence-electron chi connectivity index (χ3n) is 4.99. The topological polar surface area (TPSA) is 72.0 Å². The lowest BCUT2D eigenvalue weighted by Crippen LogP contribution is -2.10. The van der Waals surface area contributed by atoms with Gasteiger partial charge in [-0.05, 0) is 74.1 Å². The highest BCUT2D eigenvalue weighted by Crippen LogP contribution is 2.25. The fourth-order valence-electron chi connectivity index (χ4n) is 2.87. The summed E-state index contributed by atoms with van der Waals surface area (Å²) in [7, 11) is 0. The molecule has 0 fully saturated rings. The number of aromatic nitrogens is 2. The van der Waals surface area contributed by atoms with E-state index in [0.29, 0.717) is 18.4 Å². The average molecular weight is 377 g/mol. The molecule has 28 heavy (non-hydrogen) atoms. The molecule has 0 saturated heterocycles. The molecule has 0 bridgehead atoms. The van der Waals surface area contributed by atoms with Gasteiger partial charge in [-0.3, -0.25) is 4.98 Å². The Kier molecular flexibility index (Phi) is 6.58. The Bertz CT molecular complexity index is 901. The Morgan fingerprint density at radius 2 is 1.86 bits per heavy atom. The number of rotatable bonds is 9. The fourth-order valence-corrected chi connectivity index (χ4v) is 2.87. The normalized spacial score (nSPS) is 12.0. The third-order valence-corrected chi connectivity index (χ3v) is 4.99. The van der Waals surface area contributed by atoms with Crippen LogP contribution < -0.4 is 4.74 Å². The van der Waals surface area contributed by atoms with Crippen molar-refractivity contribution in [1.29, 1.82) is 5.41 Å². The van der Waals surface area contributed by atoms with E-state index in [1.165, 1.54) is 0 Å². The molecule has 1 unspecified atom stereocenters. The van der Waals surface area contributed by atoms with Gasteiger partial charge in [0.05, 0.1) is 5.69 Å². The second kappa shape index (κ2) is 9.31. The maximum absolute atomic E-state index is 8.13. The molecule has 0 saturated carbocycles. The summed E-state index contributed by atoms with van der Waals surface area (Å²) < 4.78 is 11.7. The van der Waals surface area contributed by atoms with Gasteiger partial charge in [0, 0.05) is 23.7 Å². The summed E-state index contributed by atoms with van der Waals surface area (Å²) in [4.78, 5) is 8.65. The Balaban J connectivity index is 1.61. The molecule has 146 valence electrons. The Hall–Kier alpha value is -2.95. The van der Waals surface area contributed by atoms with Crippen LogP contribution in [0.15, 0.2) is 53.2 Å². The highest BCUT2D eigenvalue weighted by molar-refractivity contribution is 5.83. The molecule has 3 rings (SSSR count). The van der Waals surface area contributed by atoms with Crippen molar-refractivity contribution in [3.05, 3.63) is 65.8 Å². The number of nitrogens with zero attached hydrogens (tertiary/aromatic N) is 2. The van der Waals surface area contributed by atoms with Gasteiger partial charge >= 0.3 is 0 Å². The Labute approximate surface area is 166 Å². The molecule has 0 aliphatic carbocycles. The van der Waals surface area contributed by atoms with E-state index in [4.69, 9.17) is 14.6 Å². The van der Waals surface area contributed by atoms with Crippen LogP contribution in [0.3, 0.4) is 0 Å². The maximum atomic E-state index is 8.13. The lowest BCUT2D eigenvalue weighted by Gasteiger charge is -2.09. The predicted molar refractivity (Wildman–Crippen MR) is 111 cm³/mol. The van der Waals surface area contributed by atoms with Crippen molar-refractivity contribution >= 4 is 5.71 Å². The number of hydrogen-bond donors (Lipinski definition) is 1. The maximum Gasteiger partial charge on any atom is 0.226 e. The molecule has 0 radical (unpaired) electrons. The molecule has 5 heteroatoms. The van der Waals surface area contributed by atoms with Crippen molar-refractivity contribution in [2.24, 2.45) is 5.92 Å². The van der Waals surface area contributed by atoms with Crippen LogP contribution in [-0.4, -0.2) is 15.7 Å². The molecular formula is C23H27N3O2. The molecule has 2 aromatic heterocycles. The van der Waals surface area contributed by atoms with Crippen molar-refractivity contribution in [3.63, 3.8) is 0 Å². The summed E-state index contributed by atoms with van der Waals surface area (Å²) in [5.74, 6) is 2.56. The van der Waals surface area contributed by atoms with Crippen LogP contribution in [0.2, 0.25) is 0 Å². The van der Waals surface area contributed by atoms with Crippen molar-refractivity contribution in [3.8, 4) is 17.2 Å². The largest absolute Gasteiger partial charge is 0.489 e. The minimum absolute atomic E-state index is 0.325. The van der Waals surface area contributed by atoms with E-state index in [9.17, 15) is 0 Å². The zero-order chi connectivity index (χ0) is 19.9. The highest BCUT2D eigenvalue weighted by Gasteiger charge is 2.14. The van der Waals surface area contributed by atoms with Gasteiger partial charge in [-0.15, -0.1) is 0 Å². The molecule has 2 heterocycles. The molecule has 5 nitrogen and oxygen atoms in total. The van der Waals surface area contributed by atoms with Crippen LogP contribution in [0, 0.1) is 18.3 Å². The van der Waals surface area contributed by atoms with E-state index in [-0.39, 0.29) is 0 Å². The molecular weight excluding hydrogens is 350 g/mol. The number of nitrogens with one attached hydrogen (secondary N) is 1. The monoisotopic (exact) mass is 377 g/mol. The Morgan fingerprint density at radius 1 is 1.14 bits per heavy atom. The lowest BCUT2D eigenvalue weighted by molar-refractivity contribution is 0.306. The van der Waals surface area contributed by atoms with E-state index in [0.717, 1.165) is 53.3 Å². The number of pyridine rings is 1. The summed E-state index contributed by atoms with van der Waals surface area (Å²) in [6.45, 7) is 6.65. The minimum atomic E-state index is 0.325. The number of ether oxygens (including phenoxy) is 1. The SMILES string of the molecule is CCC(C)C(=N)CCc1nc(-c2ccc(OCc3ccncc3)cc2)oc1C. The molecule has 1 N–H and O–H groups in total. The van der Waals surface area contributed by atoms with E-state index in [1.54, 1.807) is 12.4 Å². The van der Waals surface area contributed by atoms with Crippen molar-refractivity contribution in [2.75, 3.05) is 0 Å². The molecule has 3 aromatic rings. The van der Waals surface area contributed by atoms with Gasteiger partial charge in [0.15, 0.2) is 0 Å². The number of benzene rings is 1. The molecule has 0 amide bonds. The Morgan fingerprint density at radius 3 is 2.54 bits per heavy atom. The van der Waals surface area contributed by atoms with E-state index in [1.807, 2.05) is 43.3 Å². The first-order valence-corrected chi connectivity index (χ1v) is 9.72. The van der Waals surface area contributed by atoms with Gasteiger partial charge in [0.25, 0.3) is 0 Å². The van der Waals surface area contributed by atoms with Gasteiger partial charge in [-0.25, -0.2) is 4.98 Å². The lowest BCUT2D eigenvalue weighted by atomic mass is 9.98. The molecule has 1 aromatic carbocycles. The first-order valence-electron chi connectivity index (χ1n) is 9.72. The molecule has 0 aliphatic heterocycles. The van der Waals surface area contributed by atoms with Gasteiger partial charge in [-0.1, -0.05) is 13.8 Å². The summed E-state index contributed by atoms with van der Waals surface area (Å²) in [5, 5.41) is 8.13.